The van der Waals surface area contributed by atoms with Gasteiger partial charge >= 0.3 is 0 Å². The van der Waals surface area contributed by atoms with Crippen LogP contribution in [0.5, 0.6) is 0 Å². The SMILES string of the molecule is CCNC(=NCCc1ncc(CC)s1)N1CCC2(CCOC2)C1. The summed E-state index contributed by atoms with van der Waals surface area (Å²) in [7, 11) is 0. The first-order valence-corrected chi connectivity index (χ1v) is 9.61. The third-order valence-electron chi connectivity index (χ3n) is 4.79. The molecule has 2 aliphatic rings. The topological polar surface area (TPSA) is 49.8 Å². The van der Waals surface area contributed by atoms with Crippen molar-refractivity contribution in [3.05, 3.63) is 16.1 Å². The Kier molecular flexibility index (Phi) is 5.54. The molecule has 1 N–H and O–H groups in total. The summed E-state index contributed by atoms with van der Waals surface area (Å²) in [6.45, 7) is 10.0. The van der Waals surface area contributed by atoms with Crippen LogP contribution in [0.4, 0.5) is 0 Å². The van der Waals surface area contributed by atoms with E-state index in [1.54, 1.807) is 0 Å². The van der Waals surface area contributed by atoms with E-state index in [-0.39, 0.29) is 0 Å². The maximum Gasteiger partial charge on any atom is 0.193 e. The van der Waals surface area contributed by atoms with Crippen molar-refractivity contribution in [1.29, 1.82) is 0 Å². The molecule has 6 heteroatoms. The predicted octanol–water partition coefficient (Wildman–Crippen LogP) is 2.33. The molecule has 1 unspecified atom stereocenters. The van der Waals surface area contributed by atoms with Gasteiger partial charge in [-0.3, -0.25) is 4.99 Å². The lowest BCUT2D eigenvalue weighted by molar-refractivity contribution is 0.156. The zero-order chi connectivity index (χ0) is 16.1. The van der Waals surface area contributed by atoms with Gasteiger partial charge in [-0.05, 0) is 26.2 Å². The van der Waals surface area contributed by atoms with E-state index in [9.17, 15) is 0 Å². The normalized spacial score (nSPS) is 24.8. The quantitative estimate of drug-likeness (QED) is 0.662. The van der Waals surface area contributed by atoms with E-state index in [4.69, 9.17) is 9.73 Å². The van der Waals surface area contributed by atoms with Crippen LogP contribution in [-0.4, -0.2) is 55.2 Å². The van der Waals surface area contributed by atoms with Gasteiger partial charge in [0.05, 0.1) is 11.6 Å². The number of rotatable bonds is 5. The molecule has 1 aromatic heterocycles. The van der Waals surface area contributed by atoms with E-state index in [1.165, 1.54) is 22.7 Å². The number of nitrogens with zero attached hydrogens (tertiary/aromatic N) is 3. The second kappa shape index (κ2) is 7.62. The van der Waals surface area contributed by atoms with Gasteiger partial charge in [0.1, 0.15) is 0 Å². The summed E-state index contributed by atoms with van der Waals surface area (Å²) in [5.41, 5.74) is 0.377. The molecule has 2 aliphatic heterocycles. The number of likely N-dealkylation sites (tertiary alicyclic amines) is 1. The second-order valence-electron chi connectivity index (χ2n) is 6.53. The largest absolute Gasteiger partial charge is 0.381 e. The summed E-state index contributed by atoms with van der Waals surface area (Å²) in [4.78, 5) is 13.1. The maximum atomic E-state index is 5.63. The number of aromatic nitrogens is 1. The average Bonchev–Trinajstić information content (AvgIpc) is 3.29. The van der Waals surface area contributed by atoms with Gasteiger partial charge in [-0.1, -0.05) is 6.92 Å². The first kappa shape index (κ1) is 16.7. The van der Waals surface area contributed by atoms with Crippen LogP contribution >= 0.6 is 11.3 Å². The standard InChI is InChI=1S/C17H28N4OS/c1-3-14-11-20-15(23-14)5-8-19-16(18-4-2)21-9-6-17(12-21)7-10-22-13-17/h11H,3-10,12-13H2,1-2H3,(H,18,19). The van der Waals surface area contributed by atoms with Crippen molar-refractivity contribution in [3.63, 3.8) is 0 Å². The highest BCUT2D eigenvalue weighted by Crippen LogP contribution is 2.38. The van der Waals surface area contributed by atoms with E-state index < -0.39 is 0 Å². The molecule has 1 aromatic rings. The molecule has 0 radical (unpaired) electrons. The highest BCUT2D eigenvalue weighted by Gasteiger charge is 2.42. The highest BCUT2D eigenvalue weighted by atomic mass is 32.1. The molecular formula is C17H28N4OS. The molecule has 2 fully saturated rings. The first-order valence-electron chi connectivity index (χ1n) is 8.79. The van der Waals surface area contributed by atoms with Crippen LogP contribution in [0.3, 0.4) is 0 Å². The molecule has 0 aromatic carbocycles. The highest BCUT2D eigenvalue weighted by molar-refractivity contribution is 7.11. The lowest BCUT2D eigenvalue weighted by Crippen LogP contribution is -2.41. The number of hydrogen-bond acceptors (Lipinski definition) is 4. The third-order valence-corrected chi connectivity index (χ3v) is 6.00. The fraction of sp³-hybridized carbons (Fsp3) is 0.765. The number of ether oxygens (including phenoxy) is 1. The van der Waals surface area contributed by atoms with Crippen LogP contribution in [0.2, 0.25) is 0 Å². The smallest absolute Gasteiger partial charge is 0.193 e. The summed E-state index contributed by atoms with van der Waals surface area (Å²) >= 11 is 1.81. The molecule has 3 rings (SSSR count). The van der Waals surface area contributed by atoms with Crippen LogP contribution in [0.25, 0.3) is 0 Å². The van der Waals surface area contributed by atoms with Gasteiger partial charge in [0.15, 0.2) is 5.96 Å². The summed E-state index contributed by atoms with van der Waals surface area (Å²) in [5, 5.41) is 4.65. The van der Waals surface area contributed by atoms with E-state index in [1.807, 2.05) is 17.5 Å². The molecule has 1 atom stereocenters. The van der Waals surface area contributed by atoms with Crippen molar-refractivity contribution in [2.45, 2.75) is 39.5 Å². The van der Waals surface area contributed by atoms with Crippen molar-refractivity contribution >= 4 is 17.3 Å². The van der Waals surface area contributed by atoms with Gasteiger partial charge in [0.2, 0.25) is 0 Å². The Morgan fingerprint density at radius 3 is 3.09 bits per heavy atom. The van der Waals surface area contributed by atoms with Crippen LogP contribution in [0, 0.1) is 5.41 Å². The van der Waals surface area contributed by atoms with Gasteiger partial charge in [-0.2, -0.15) is 0 Å². The lowest BCUT2D eigenvalue weighted by Gasteiger charge is -2.24. The Morgan fingerprint density at radius 1 is 1.48 bits per heavy atom. The third kappa shape index (κ3) is 4.04. The molecule has 0 amide bonds. The van der Waals surface area contributed by atoms with Gasteiger partial charge in [-0.15, -0.1) is 11.3 Å². The van der Waals surface area contributed by atoms with E-state index in [0.29, 0.717) is 5.41 Å². The Bertz CT molecular complexity index is 536. The van der Waals surface area contributed by atoms with E-state index in [2.05, 4.69) is 29.0 Å². The molecule has 23 heavy (non-hydrogen) atoms. The number of aryl methyl sites for hydroxylation is 1. The first-order chi connectivity index (χ1) is 11.2. The number of aliphatic imine (C=N–C) groups is 1. The molecule has 2 saturated heterocycles. The molecule has 128 valence electrons. The minimum Gasteiger partial charge on any atom is -0.381 e. The number of thiazole rings is 1. The number of nitrogens with one attached hydrogen (secondary N) is 1. The average molecular weight is 337 g/mol. The van der Waals surface area contributed by atoms with Gasteiger partial charge in [0, 0.05) is 55.7 Å². The Hall–Kier alpha value is -1.14. The summed E-state index contributed by atoms with van der Waals surface area (Å²) in [5.74, 6) is 1.06. The minimum atomic E-state index is 0.377. The van der Waals surface area contributed by atoms with Crippen LogP contribution in [-0.2, 0) is 17.6 Å². The minimum absolute atomic E-state index is 0.377. The van der Waals surface area contributed by atoms with Gasteiger partial charge in [0.25, 0.3) is 0 Å². The Labute approximate surface area is 143 Å². The van der Waals surface area contributed by atoms with Crippen LogP contribution in [0.1, 0.15) is 36.6 Å². The monoisotopic (exact) mass is 336 g/mol. The lowest BCUT2D eigenvalue weighted by atomic mass is 9.87. The molecule has 3 heterocycles. The van der Waals surface area contributed by atoms with Crippen LogP contribution < -0.4 is 5.32 Å². The molecule has 5 nitrogen and oxygen atoms in total. The Morgan fingerprint density at radius 2 is 2.39 bits per heavy atom. The Balaban J connectivity index is 1.57. The zero-order valence-corrected chi connectivity index (χ0v) is 15.1. The van der Waals surface area contributed by atoms with Crippen molar-refractivity contribution in [2.75, 3.05) is 39.4 Å². The van der Waals surface area contributed by atoms with Crippen LogP contribution in [0.15, 0.2) is 11.2 Å². The zero-order valence-electron chi connectivity index (χ0n) is 14.3. The summed E-state index contributed by atoms with van der Waals surface area (Å²) in [6.07, 6.45) is 6.42. The van der Waals surface area contributed by atoms with Crippen molar-refractivity contribution in [3.8, 4) is 0 Å². The number of guanidine groups is 1. The number of hydrogen-bond donors (Lipinski definition) is 1. The molecule has 0 bridgehead atoms. The van der Waals surface area contributed by atoms with Gasteiger partial charge < -0.3 is 15.0 Å². The molecule has 0 aliphatic carbocycles. The van der Waals surface area contributed by atoms with Gasteiger partial charge in [-0.25, -0.2) is 4.98 Å². The maximum absolute atomic E-state index is 5.63. The molecule has 1 spiro atoms. The molecule has 0 saturated carbocycles. The van der Waals surface area contributed by atoms with Crippen molar-refractivity contribution in [2.24, 2.45) is 10.4 Å². The fourth-order valence-electron chi connectivity index (χ4n) is 3.40. The summed E-state index contributed by atoms with van der Waals surface area (Å²) in [6, 6.07) is 0. The van der Waals surface area contributed by atoms with Crippen molar-refractivity contribution in [1.82, 2.24) is 15.2 Å². The van der Waals surface area contributed by atoms with E-state index in [0.717, 1.165) is 58.2 Å². The summed E-state index contributed by atoms with van der Waals surface area (Å²) < 4.78 is 5.63. The predicted molar refractivity (Wildman–Crippen MR) is 95.2 cm³/mol. The molecular weight excluding hydrogens is 308 g/mol. The fourth-order valence-corrected chi connectivity index (χ4v) is 4.25. The second-order valence-corrected chi connectivity index (χ2v) is 7.73. The van der Waals surface area contributed by atoms with Crippen molar-refractivity contribution < 1.29 is 4.74 Å². The van der Waals surface area contributed by atoms with E-state index >= 15 is 0 Å².